The number of nitrogens with two attached hydrogens (primary N) is 1. The summed E-state index contributed by atoms with van der Waals surface area (Å²) in [5.74, 6) is -0.258. The van der Waals surface area contributed by atoms with Crippen LogP contribution in [-0.2, 0) is 16.0 Å². The van der Waals surface area contributed by atoms with Crippen LogP contribution >= 0.6 is 11.6 Å². The van der Waals surface area contributed by atoms with Gasteiger partial charge in [-0.25, -0.2) is 4.90 Å². The van der Waals surface area contributed by atoms with Crippen LogP contribution in [-0.4, -0.2) is 24.4 Å². The molecule has 2 N–H and O–H groups in total. The number of hydrogen-bond acceptors (Lipinski definition) is 2. The lowest BCUT2D eigenvalue weighted by Crippen LogP contribution is -2.92. The van der Waals surface area contributed by atoms with Crippen LogP contribution < -0.4 is 10.2 Å². The molecule has 23 heavy (non-hydrogen) atoms. The van der Waals surface area contributed by atoms with Crippen LogP contribution in [0.1, 0.15) is 12.0 Å². The van der Waals surface area contributed by atoms with Crippen LogP contribution in [0.3, 0.4) is 0 Å². The molecule has 1 heterocycles. The molecule has 1 saturated heterocycles. The predicted octanol–water partition coefficient (Wildman–Crippen LogP) is 1.78. The van der Waals surface area contributed by atoms with Gasteiger partial charge in [-0.3, -0.25) is 9.59 Å². The molecule has 118 valence electrons. The van der Waals surface area contributed by atoms with Gasteiger partial charge in [0.1, 0.15) is 0 Å². The van der Waals surface area contributed by atoms with E-state index in [-0.39, 0.29) is 24.3 Å². The van der Waals surface area contributed by atoms with Gasteiger partial charge in [0, 0.05) is 11.4 Å². The highest BCUT2D eigenvalue weighted by Crippen LogP contribution is 2.20. The second-order valence-corrected chi connectivity index (χ2v) is 6.05. The maximum absolute atomic E-state index is 12.5. The summed E-state index contributed by atoms with van der Waals surface area (Å²) in [5, 5.41) is 2.67. The van der Waals surface area contributed by atoms with Gasteiger partial charge in [-0.05, 0) is 29.8 Å². The molecular formula is C18H18ClN2O2+. The molecule has 0 aromatic heterocycles. The first-order chi connectivity index (χ1) is 11.1. The number of hydrogen-bond donors (Lipinski definition) is 1. The molecule has 4 nitrogen and oxygen atoms in total. The molecule has 0 aliphatic carbocycles. The van der Waals surface area contributed by atoms with E-state index in [9.17, 15) is 9.59 Å². The molecule has 2 aromatic carbocycles. The number of carbonyl (C=O) groups is 2. The SMILES string of the molecule is O=C1C[C@H]([NH2+]CCc2ccc(Cl)cc2)C(=O)N1c1ccccc1. The first kappa shape index (κ1) is 15.7. The van der Waals surface area contributed by atoms with Gasteiger partial charge >= 0.3 is 0 Å². The van der Waals surface area contributed by atoms with Gasteiger partial charge in [-0.2, -0.15) is 0 Å². The van der Waals surface area contributed by atoms with Gasteiger partial charge in [0.2, 0.25) is 5.91 Å². The average molecular weight is 330 g/mol. The zero-order chi connectivity index (χ0) is 16.2. The van der Waals surface area contributed by atoms with Crippen molar-refractivity contribution in [2.75, 3.05) is 11.4 Å². The van der Waals surface area contributed by atoms with Gasteiger partial charge in [0.25, 0.3) is 5.91 Å². The first-order valence-corrected chi connectivity index (χ1v) is 8.02. The van der Waals surface area contributed by atoms with Crippen molar-refractivity contribution in [2.45, 2.75) is 18.9 Å². The summed E-state index contributed by atoms with van der Waals surface area (Å²) in [7, 11) is 0. The summed E-state index contributed by atoms with van der Waals surface area (Å²) in [6, 6.07) is 16.4. The number of anilines is 1. The summed E-state index contributed by atoms with van der Waals surface area (Å²) in [6.07, 6.45) is 1.09. The van der Waals surface area contributed by atoms with E-state index in [0.29, 0.717) is 10.7 Å². The molecule has 0 saturated carbocycles. The van der Waals surface area contributed by atoms with Crippen molar-refractivity contribution >= 4 is 29.1 Å². The molecule has 0 radical (unpaired) electrons. The van der Waals surface area contributed by atoms with Crippen LogP contribution in [0.15, 0.2) is 54.6 Å². The Morgan fingerprint density at radius 1 is 1.04 bits per heavy atom. The Balaban J connectivity index is 1.58. The number of carbonyl (C=O) groups excluding carboxylic acids is 2. The van der Waals surface area contributed by atoms with Crippen LogP contribution in [0.25, 0.3) is 0 Å². The fourth-order valence-electron chi connectivity index (χ4n) is 2.79. The Morgan fingerprint density at radius 3 is 2.43 bits per heavy atom. The number of nitrogens with zero attached hydrogens (tertiary/aromatic N) is 1. The van der Waals surface area contributed by atoms with E-state index in [1.807, 2.05) is 47.8 Å². The lowest BCUT2D eigenvalue weighted by Gasteiger charge is -2.13. The second kappa shape index (κ2) is 6.94. The Kier molecular flexibility index (Phi) is 4.74. The van der Waals surface area contributed by atoms with Crippen molar-refractivity contribution in [1.29, 1.82) is 0 Å². The Labute approximate surface area is 140 Å². The van der Waals surface area contributed by atoms with Crippen LogP contribution in [0.2, 0.25) is 5.02 Å². The average Bonchev–Trinajstić information content (AvgIpc) is 2.84. The summed E-state index contributed by atoms with van der Waals surface area (Å²) < 4.78 is 0. The number of quaternary nitrogens is 1. The van der Waals surface area contributed by atoms with Crippen molar-refractivity contribution in [1.82, 2.24) is 0 Å². The summed E-state index contributed by atoms with van der Waals surface area (Å²) in [4.78, 5) is 25.9. The van der Waals surface area contributed by atoms with Crippen molar-refractivity contribution in [2.24, 2.45) is 0 Å². The quantitative estimate of drug-likeness (QED) is 0.850. The van der Waals surface area contributed by atoms with Gasteiger partial charge in [0.15, 0.2) is 6.04 Å². The van der Waals surface area contributed by atoms with E-state index in [4.69, 9.17) is 11.6 Å². The van der Waals surface area contributed by atoms with Crippen LogP contribution in [0.5, 0.6) is 0 Å². The monoisotopic (exact) mass is 329 g/mol. The zero-order valence-corrected chi connectivity index (χ0v) is 13.4. The summed E-state index contributed by atoms with van der Waals surface area (Å²) >= 11 is 5.86. The minimum absolute atomic E-state index is 0.127. The molecule has 1 fully saturated rings. The second-order valence-electron chi connectivity index (χ2n) is 5.61. The van der Waals surface area contributed by atoms with E-state index in [2.05, 4.69) is 0 Å². The highest BCUT2D eigenvalue weighted by molar-refractivity contribution is 6.30. The van der Waals surface area contributed by atoms with Crippen LogP contribution in [0, 0.1) is 0 Å². The molecule has 0 spiro atoms. The lowest BCUT2D eigenvalue weighted by molar-refractivity contribution is -0.674. The third kappa shape index (κ3) is 3.60. The number of benzene rings is 2. The van der Waals surface area contributed by atoms with Crippen molar-refractivity contribution < 1.29 is 14.9 Å². The van der Waals surface area contributed by atoms with Gasteiger partial charge in [0.05, 0.1) is 18.7 Å². The molecule has 1 aliphatic rings. The highest BCUT2D eigenvalue weighted by atomic mass is 35.5. The van der Waals surface area contributed by atoms with Gasteiger partial charge in [-0.15, -0.1) is 0 Å². The standard InChI is InChI=1S/C18H17ClN2O2/c19-14-8-6-13(7-9-14)10-11-20-16-12-17(22)21(18(16)23)15-4-2-1-3-5-15/h1-9,16,20H,10-12H2/p+1/t16-/m0/s1. The topological polar surface area (TPSA) is 54.0 Å². The lowest BCUT2D eigenvalue weighted by atomic mass is 10.1. The number of halogens is 1. The minimum Gasteiger partial charge on any atom is -0.335 e. The third-order valence-electron chi connectivity index (χ3n) is 3.99. The summed E-state index contributed by atoms with van der Waals surface area (Å²) in [6.45, 7) is 0.758. The Bertz CT molecular complexity index is 701. The number of imide groups is 1. The molecule has 1 aliphatic heterocycles. The highest BCUT2D eigenvalue weighted by Gasteiger charge is 2.41. The van der Waals surface area contributed by atoms with E-state index in [1.165, 1.54) is 10.5 Å². The molecular weight excluding hydrogens is 312 g/mol. The minimum atomic E-state index is -0.324. The maximum atomic E-state index is 12.5. The Morgan fingerprint density at radius 2 is 1.74 bits per heavy atom. The number of amides is 2. The maximum Gasteiger partial charge on any atom is 0.292 e. The molecule has 0 unspecified atom stereocenters. The first-order valence-electron chi connectivity index (χ1n) is 7.65. The van der Waals surface area contributed by atoms with E-state index in [0.717, 1.165) is 13.0 Å². The smallest absolute Gasteiger partial charge is 0.292 e. The van der Waals surface area contributed by atoms with Crippen molar-refractivity contribution in [3.8, 4) is 0 Å². The fourth-order valence-corrected chi connectivity index (χ4v) is 2.92. The van der Waals surface area contributed by atoms with Crippen LogP contribution in [0.4, 0.5) is 5.69 Å². The number of rotatable bonds is 5. The zero-order valence-electron chi connectivity index (χ0n) is 12.6. The largest absolute Gasteiger partial charge is 0.335 e. The van der Waals surface area contributed by atoms with E-state index < -0.39 is 0 Å². The molecule has 2 amide bonds. The fraction of sp³-hybridized carbons (Fsp3) is 0.222. The molecule has 1 atom stereocenters. The predicted molar refractivity (Wildman–Crippen MR) is 89.3 cm³/mol. The van der Waals surface area contributed by atoms with Crippen molar-refractivity contribution in [3.05, 3.63) is 65.2 Å². The van der Waals surface area contributed by atoms with Crippen molar-refractivity contribution in [3.63, 3.8) is 0 Å². The van der Waals surface area contributed by atoms with Gasteiger partial charge in [-0.1, -0.05) is 41.9 Å². The number of para-hydroxylation sites is 1. The molecule has 5 heteroatoms. The molecule has 2 aromatic rings. The van der Waals surface area contributed by atoms with Gasteiger partial charge < -0.3 is 5.32 Å². The molecule has 0 bridgehead atoms. The van der Waals surface area contributed by atoms with E-state index in [1.54, 1.807) is 12.1 Å². The third-order valence-corrected chi connectivity index (χ3v) is 4.25. The molecule has 3 rings (SSSR count). The Hall–Kier alpha value is -2.17. The van der Waals surface area contributed by atoms with E-state index >= 15 is 0 Å². The summed E-state index contributed by atoms with van der Waals surface area (Å²) in [5.41, 5.74) is 1.82. The normalized spacial score (nSPS) is 17.8.